The molecule has 124 valence electrons. The van der Waals surface area contributed by atoms with Crippen molar-refractivity contribution in [3.8, 4) is 11.8 Å². The summed E-state index contributed by atoms with van der Waals surface area (Å²) in [6.07, 6.45) is -4.42. The molecule has 6 heteroatoms. The molecule has 0 aromatic heterocycles. The van der Waals surface area contributed by atoms with Gasteiger partial charge in [0.2, 0.25) is 0 Å². The number of benzene rings is 1. The van der Waals surface area contributed by atoms with E-state index in [2.05, 4.69) is 0 Å². The molecule has 10 saturated heterocycles. The Morgan fingerprint density at radius 1 is 1.00 bits per heavy atom. The molecule has 4 atom stereocenters. The fourth-order valence-electron chi connectivity index (χ4n) is 17.3. The van der Waals surface area contributed by atoms with Crippen molar-refractivity contribution in [3.05, 3.63) is 29.3 Å². The summed E-state index contributed by atoms with van der Waals surface area (Å²) < 4.78 is 46.9. The molecule has 1 spiro atoms. The van der Waals surface area contributed by atoms with Gasteiger partial charge in [0, 0.05) is 0 Å². The summed E-state index contributed by atoms with van der Waals surface area (Å²) in [6.45, 7) is -3.58. The predicted molar refractivity (Wildman–Crippen MR) is 73.3 cm³/mol. The number of alkyl halides is 3. The molecule has 0 amide bonds. The van der Waals surface area contributed by atoms with Gasteiger partial charge in [0.1, 0.15) is 0 Å². The molecule has 10 aliphatic heterocycles. The first-order chi connectivity index (χ1) is 11.2. The molecule has 0 saturated carbocycles. The summed E-state index contributed by atoms with van der Waals surface area (Å²) in [6, 6.07) is 5.63. The second kappa shape index (κ2) is 1.01. The van der Waals surface area contributed by atoms with Gasteiger partial charge in [-0.1, -0.05) is 0 Å². The molecule has 11 rings (SSSR count). The molecule has 0 N–H and O–H groups in total. The van der Waals surface area contributed by atoms with Crippen LogP contribution in [0.1, 0.15) is 11.1 Å². The Labute approximate surface area is 125 Å². The third-order valence-corrected chi connectivity index (χ3v) is 58.1. The number of rotatable bonds is 2. The zero-order valence-corrected chi connectivity index (χ0v) is 13.4. The first kappa shape index (κ1) is 10.1. The van der Waals surface area contributed by atoms with Gasteiger partial charge in [-0.3, -0.25) is 0 Å². The second-order valence-electron chi connectivity index (χ2n) is 12.0. The first-order valence-corrected chi connectivity index (χ1v) is 15.0. The Morgan fingerprint density at radius 2 is 1.58 bits per heavy atom. The molecule has 4 unspecified atom stereocenters. The summed E-state index contributed by atoms with van der Waals surface area (Å²) in [4.78, 5) is 8.58. The van der Waals surface area contributed by atoms with Crippen LogP contribution in [0.25, 0.3) is 0 Å². The van der Waals surface area contributed by atoms with Crippen molar-refractivity contribution >= 4 is 0 Å². The quantitative estimate of drug-likeness (QED) is 0.665. The van der Waals surface area contributed by atoms with E-state index in [-0.39, 0.29) is 15.8 Å². The van der Waals surface area contributed by atoms with Crippen molar-refractivity contribution < 1.29 is 24.4 Å². The van der Waals surface area contributed by atoms with E-state index >= 15 is 0 Å². The van der Waals surface area contributed by atoms with Gasteiger partial charge < -0.3 is 0 Å². The van der Waals surface area contributed by atoms with Crippen LogP contribution in [0.3, 0.4) is 0 Å². The van der Waals surface area contributed by atoms with Crippen molar-refractivity contribution in [1.29, 1.82) is 5.26 Å². The molecule has 1 aromatic rings. The van der Waals surface area contributed by atoms with Gasteiger partial charge in [-0.05, 0) is 0 Å². The summed E-state index contributed by atoms with van der Waals surface area (Å²) in [5.74, 6) is -0.0328. The number of hydrogen-bond acceptors (Lipinski definition) is 2. The summed E-state index contributed by atoms with van der Waals surface area (Å²) >= 11 is 0. The van der Waals surface area contributed by atoms with Crippen LogP contribution in [0, 0.1) is 11.3 Å². The minimum absolute atomic E-state index is 0.0328. The summed E-state index contributed by atoms with van der Waals surface area (Å²) in [5.41, 5.74) is -0.415. The molecular formula is C18H12F3FeNO. The Kier molecular flexibility index (Phi) is 0.424. The Bertz CT molecular complexity index is 1340. The number of nitriles is 1. The molecule has 10 heterocycles. The van der Waals surface area contributed by atoms with Gasteiger partial charge in [0.25, 0.3) is 0 Å². The molecule has 10 fully saturated rings. The van der Waals surface area contributed by atoms with Gasteiger partial charge >= 0.3 is 125 Å². The Morgan fingerprint density at radius 3 is 1.96 bits per heavy atom. The molecule has 2 nitrogen and oxygen atoms in total. The van der Waals surface area contributed by atoms with Gasteiger partial charge in [0.05, 0.1) is 0 Å². The second-order valence-corrected chi connectivity index (χ2v) is 35.5. The van der Waals surface area contributed by atoms with Crippen molar-refractivity contribution in [2.45, 2.75) is 54.0 Å². The number of nitrogens with zero attached hydrogens (tertiary/aromatic N) is 1. The average Bonchev–Trinajstić information content (AvgIpc) is 3.47. The van der Waals surface area contributed by atoms with Crippen molar-refractivity contribution in [1.82, 2.24) is 0 Å². The zero-order chi connectivity index (χ0) is 15.8. The van der Waals surface area contributed by atoms with E-state index in [9.17, 15) is 13.2 Å². The van der Waals surface area contributed by atoms with Crippen molar-refractivity contribution in [2.75, 3.05) is 0 Å². The first-order valence-electron chi connectivity index (χ1n) is 8.69. The maximum absolute atomic E-state index is 13.5. The maximum atomic E-state index is 13.5. The van der Waals surface area contributed by atoms with Gasteiger partial charge in [-0.2, -0.15) is 0 Å². The average molecular weight is 371 g/mol. The van der Waals surface area contributed by atoms with Crippen LogP contribution in [-0.2, 0) is 12.7 Å². The van der Waals surface area contributed by atoms with E-state index in [1.54, 1.807) is 0 Å². The number of halogens is 3. The van der Waals surface area contributed by atoms with Crippen LogP contribution < -0.4 is 4.74 Å². The minimum atomic E-state index is -4.42. The number of fused-ring (bicyclic) bond motifs is 10. The van der Waals surface area contributed by atoms with Crippen LogP contribution in [0.2, 0.25) is 43.3 Å². The van der Waals surface area contributed by atoms with Gasteiger partial charge in [-0.15, -0.1) is 0 Å². The normalized spacial score (nSPS) is 88.0. The molecule has 1 aromatic carbocycles. The van der Waals surface area contributed by atoms with Crippen molar-refractivity contribution in [2.24, 2.45) is 0 Å². The Balaban J connectivity index is 1.23. The van der Waals surface area contributed by atoms with E-state index in [4.69, 9.17) is 10.00 Å². The monoisotopic (exact) mass is 371 g/mol. The number of hydrogen-bond donors (Lipinski definition) is 0. The third kappa shape index (κ3) is 0.145. The fraction of sp³-hybridized carbons (Fsp3) is 0.611. The summed E-state index contributed by atoms with van der Waals surface area (Å²) in [7, 11) is 0. The molecule has 0 bridgehead atoms. The SMILES string of the molecule is N#Cc1ccc(C(F)(F)F)c(O[C]23[CH]4[CH]5[CH]6[CH]2[Fe]56432789[CH]3[CH]2[CH]7[CH]8[CH]39)c1. The van der Waals surface area contributed by atoms with Crippen LogP contribution in [0.4, 0.5) is 13.2 Å². The van der Waals surface area contributed by atoms with Crippen LogP contribution in [0.5, 0.6) is 5.75 Å². The molecule has 24 heavy (non-hydrogen) atoms. The molecule has 10 aliphatic rings. The standard InChI is InChI=1S/C13H7F3NO.C5H5.Fe/c14-13(15,16)11-6-5-9(8-17)7-12(11)18-10-3-1-2-4-10;1-2-4-5-3-1;/h1-7H;1-5H;. The van der Waals surface area contributed by atoms with E-state index in [1.807, 2.05) is 6.07 Å². The Hall–Kier alpha value is -1.18. The van der Waals surface area contributed by atoms with Crippen LogP contribution in [-0.4, -0.2) is 4.50 Å². The predicted octanol–water partition coefficient (Wildman–Crippen LogP) is 5.25. The molecule has 0 radical (unpaired) electrons. The van der Waals surface area contributed by atoms with E-state index in [0.29, 0.717) is 0 Å². The number of ether oxygens (including phenoxy) is 1. The fourth-order valence-corrected chi connectivity index (χ4v) is 89.6. The van der Waals surface area contributed by atoms with E-state index in [1.165, 1.54) is 12.1 Å². The van der Waals surface area contributed by atoms with Crippen LogP contribution >= 0.6 is 0 Å². The van der Waals surface area contributed by atoms with E-state index in [0.717, 1.165) is 49.4 Å². The third-order valence-electron chi connectivity index (χ3n) is 16.2. The molecule has 0 aliphatic carbocycles. The van der Waals surface area contributed by atoms with Crippen molar-refractivity contribution in [3.63, 3.8) is 0 Å². The van der Waals surface area contributed by atoms with Gasteiger partial charge in [0.15, 0.2) is 0 Å². The summed E-state index contributed by atoms with van der Waals surface area (Å²) in [5, 5.41) is 9.12. The zero-order valence-electron chi connectivity index (χ0n) is 12.3. The van der Waals surface area contributed by atoms with E-state index < -0.39 is 18.2 Å². The van der Waals surface area contributed by atoms with Gasteiger partial charge in [-0.25, -0.2) is 0 Å². The van der Waals surface area contributed by atoms with Crippen LogP contribution in [0.15, 0.2) is 18.2 Å². The molecular weight excluding hydrogens is 359 g/mol. The topological polar surface area (TPSA) is 33.0 Å².